The summed E-state index contributed by atoms with van der Waals surface area (Å²) in [5.74, 6) is -0.912. The molecule has 0 bridgehead atoms. The van der Waals surface area contributed by atoms with Crippen LogP contribution in [0.5, 0.6) is 0 Å². The molecule has 0 aromatic rings. The van der Waals surface area contributed by atoms with E-state index in [0.717, 1.165) is 103 Å². The van der Waals surface area contributed by atoms with Gasteiger partial charge >= 0.3 is 17.9 Å². The van der Waals surface area contributed by atoms with E-state index >= 15 is 0 Å². The average molecular weight is 964 g/mol. The molecule has 398 valence electrons. The van der Waals surface area contributed by atoms with Crippen molar-refractivity contribution in [2.45, 2.75) is 297 Å². The number of carbonyl (C=O) groups excluding carboxylic acids is 3. The van der Waals surface area contributed by atoms with Gasteiger partial charge in [0.25, 0.3) is 0 Å². The quantitative estimate of drug-likeness (QED) is 0.0262. The molecule has 69 heavy (non-hydrogen) atoms. The second kappa shape index (κ2) is 57.4. The van der Waals surface area contributed by atoms with Crippen LogP contribution in [0.25, 0.3) is 0 Å². The summed E-state index contributed by atoms with van der Waals surface area (Å²) < 4.78 is 16.9. The molecule has 0 aliphatic rings. The van der Waals surface area contributed by atoms with E-state index in [1.165, 1.54) is 148 Å². The molecule has 0 aromatic heterocycles. The van der Waals surface area contributed by atoms with E-state index in [4.69, 9.17) is 14.2 Å². The molecule has 0 rings (SSSR count). The molecule has 0 saturated carbocycles. The Labute approximate surface area is 427 Å². The molecule has 0 spiro atoms. The smallest absolute Gasteiger partial charge is 0.306 e. The van der Waals surface area contributed by atoms with Gasteiger partial charge in [0.05, 0.1) is 0 Å². The van der Waals surface area contributed by atoms with E-state index in [1.807, 2.05) is 0 Å². The van der Waals surface area contributed by atoms with Gasteiger partial charge in [-0.2, -0.15) is 0 Å². The molecule has 0 aliphatic heterocycles. The highest BCUT2D eigenvalue weighted by molar-refractivity contribution is 5.71. The highest BCUT2D eigenvalue weighted by Crippen LogP contribution is 2.15. The first-order valence-corrected chi connectivity index (χ1v) is 29.4. The minimum Gasteiger partial charge on any atom is -0.462 e. The Morgan fingerprint density at radius 1 is 0.304 bits per heavy atom. The van der Waals surface area contributed by atoms with Gasteiger partial charge in [0.2, 0.25) is 0 Å². The van der Waals surface area contributed by atoms with Crippen molar-refractivity contribution in [1.29, 1.82) is 0 Å². The van der Waals surface area contributed by atoms with Crippen molar-refractivity contribution in [1.82, 2.24) is 0 Å². The largest absolute Gasteiger partial charge is 0.462 e. The van der Waals surface area contributed by atoms with Crippen molar-refractivity contribution in [3.05, 3.63) is 72.9 Å². The lowest BCUT2D eigenvalue weighted by atomic mass is 10.1. The molecular weight excluding hydrogens is 853 g/mol. The van der Waals surface area contributed by atoms with Gasteiger partial charge in [-0.1, -0.05) is 235 Å². The maximum absolute atomic E-state index is 12.9. The van der Waals surface area contributed by atoms with Gasteiger partial charge in [0.15, 0.2) is 6.10 Å². The van der Waals surface area contributed by atoms with Gasteiger partial charge in [-0.15, -0.1) is 0 Å². The second-order valence-electron chi connectivity index (χ2n) is 19.5. The van der Waals surface area contributed by atoms with Crippen molar-refractivity contribution in [2.24, 2.45) is 0 Å². The number of ether oxygens (including phenoxy) is 3. The van der Waals surface area contributed by atoms with E-state index in [1.54, 1.807) is 0 Å². The predicted octanol–water partition coefficient (Wildman–Crippen LogP) is 19.8. The zero-order valence-electron chi connectivity index (χ0n) is 45.6. The van der Waals surface area contributed by atoms with Crippen LogP contribution in [0.15, 0.2) is 72.9 Å². The maximum atomic E-state index is 12.9. The first-order chi connectivity index (χ1) is 34.0. The van der Waals surface area contributed by atoms with E-state index in [9.17, 15) is 14.4 Å². The molecular formula is C63H110O6. The molecule has 0 amide bonds. The fraction of sp³-hybridized carbons (Fsp3) is 0.762. The SMILES string of the molecule is CC/C=C\C/C=C\C/C=C\C/C=C\CCCCCCC(=O)OC[C@H](COC(=O)CCCCCCC/C=C\CCCCCCCC)OC(=O)CCCCCCCCCCC/C=C\CCCCCCCC. The summed E-state index contributed by atoms with van der Waals surface area (Å²) in [7, 11) is 0. The van der Waals surface area contributed by atoms with Gasteiger partial charge in [-0.3, -0.25) is 14.4 Å². The van der Waals surface area contributed by atoms with Crippen molar-refractivity contribution in [2.75, 3.05) is 13.2 Å². The minimum absolute atomic E-state index is 0.0876. The Morgan fingerprint density at radius 2 is 0.565 bits per heavy atom. The third kappa shape index (κ3) is 55.6. The van der Waals surface area contributed by atoms with Crippen LogP contribution in [0.4, 0.5) is 0 Å². The predicted molar refractivity (Wildman–Crippen MR) is 298 cm³/mol. The highest BCUT2D eigenvalue weighted by atomic mass is 16.6. The fourth-order valence-corrected chi connectivity index (χ4v) is 8.25. The zero-order chi connectivity index (χ0) is 50.0. The minimum atomic E-state index is -0.790. The summed E-state index contributed by atoms with van der Waals surface area (Å²) in [5.41, 5.74) is 0. The fourth-order valence-electron chi connectivity index (χ4n) is 8.25. The third-order valence-corrected chi connectivity index (χ3v) is 12.7. The van der Waals surface area contributed by atoms with Crippen molar-refractivity contribution < 1.29 is 28.6 Å². The molecule has 0 fully saturated rings. The van der Waals surface area contributed by atoms with Crippen LogP contribution in [0.1, 0.15) is 290 Å². The van der Waals surface area contributed by atoms with Crippen molar-refractivity contribution in [3.8, 4) is 0 Å². The Hall–Kier alpha value is -3.15. The first-order valence-electron chi connectivity index (χ1n) is 29.4. The van der Waals surface area contributed by atoms with Gasteiger partial charge in [-0.25, -0.2) is 0 Å². The van der Waals surface area contributed by atoms with Crippen LogP contribution in [0, 0.1) is 0 Å². The average Bonchev–Trinajstić information content (AvgIpc) is 3.35. The molecule has 1 atom stereocenters. The summed E-state index contributed by atoms with van der Waals surface area (Å²) in [6, 6.07) is 0. The molecule has 0 radical (unpaired) electrons. The number of unbranched alkanes of at least 4 members (excludes halogenated alkanes) is 30. The summed E-state index contributed by atoms with van der Waals surface area (Å²) in [6.07, 6.45) is 73.2. The first kappa shape index (κ1) is 65.8. The second-order valence-corrected chi connectivity index (χ2v) is 19.5. The lowest BCUT2D eigenvalue weighted by molar-refractivity contribution is -0.167. The Morgan fingerprint density at radius 3 is 0.899 bits per heavy atom. The standard InChI is InChI=1S/C63H110O6/c1-4-7-10-13-16-19-22-25-28-30-31-33-36-39-42-45-48-51-54-57-63(66)69-60(58-67-61(64)55-52-49-46-43-40-37-34-27-24-21-18-15-12-9-6-3)59-68-62(65)56-53-50-47-44-41-38-35-32-29-26-23-20-17-14-11-8-5-2/h8,11,17,20,25-29,34-35,38,60H,4-7,9-10,12-16,18-19,21-24,30-33,36-37,39-59H2,1-3H3/b11-8-,20-17-,28-25-,29-26-,34-27-,38-35-/t60-/m0/s1. The van der Waals surface area contributed by atoms with Crippen LogP contribution in [0.2, 0.25) is 0 Å². The number of carbonyl (C=O) groups is 3. The number of hydrogen-bond donors (Lipinski definition) is 0. The van der Waals surface area contributed by atoms with Gasteiger partial charge in [0.1, 0.15) is 13.2 Å². The van der Waals surface area contributed by atoms with Crippen molar-refractivity contribution in [3.63, 3.8) is 0 Å². The van der Waals surface area contributed by atoms with Gasteiger partial charge < -0.3 is 14.2 Å². The Kier molecular flexibility index (Phi) is 54.8. The molecule has 6 nitrogen and oxygen atoms in total. The van der Waals surface area contributed by atoms with Crippen molar-refractivity contribution >= 4 is 17.9 Å². The van der Waals surface area contributed by atoms with Gasteiger partial charge in [-0.05, 0) is 109 Å². The lowest BCUT2D eigenvalue weighted by Gasteiger charge is -2.18. The number of rotatable bonds is 53. The molecule has 0 aromatic carbocycles. The third-order valence-electron chi connectivity index (χ3n) is 12.7. The van der Waals surface area contributed by atoms with Crippen LogP contribution in [-0.2, 0) is 28.6 Å². The van der Waals surface area contributed by atoms with Gasteiger partial charge in [0, 0.05) is 19.3 Å². The molecule has 0 aliphatic carbocycles. The monoisotopic (exact) mass is 963 g/mol. The molecule has 0 saturated heterocycles. The molecule has 0 N–H and O–H groups in total. The molecule has 0 unspecified atom stereocenters. The highest BCUT2D eigenvalue weighted by Gasteiger charge is 2.19. The van der Waals surface area contributed by atoms with Crippen LogP contribution >= 0.6 is 0 Å². The van der Waals surface area contributed by atoms with E-state index in [0.29, 0.717) is 19.3 Å². The maximum Gasteiger partial charge on any atom is 0.306 e. The number of esters is 3. The molecule has 0 heterocycles. The summed E-state index contributed by atoms with van der Waals surface area (Å²) in [5, 5.41) is 0. The van der Waals surface area contributed by atoms with Crippen LogP contribution in [0.3, 0.4) is 0 Å². The van der Waals surface area contributed by atoms with Crippen LogP contribution < -0.4 is 0 Å². The summed E-state index contributed by atoms with van der Waals surface area (Å²) >= 11 is 0. The Bertz CT molecular complexity index is 1290. The summed E-state index contributed by atoms with van der Waals surface area (Å²) in [6.45, 7) is 6.51. The zero-order valence-corrected chi connectivity index (χ0v) is 45.6. The topological polar surface area (TPSA) is 78.9 Å². The van der Waals surface area contributed by atoms with E-state index in [2.05, 4.69) is 93.7 Å². The number of allylic oxidation sites excluding steroid dienone is 12. The lowest BCUT2D eigenvalue weighted by Crippen LogP contribution is -2.30. The number of hydrogen-bond acceptors (Lipinski definition) is 6. The van der Waals surface area contributed by atoms with Crippen LogP contribution in [-0.4, -0.2) is 37.2 Å². The Balaban J connectivity index is 4.42. The van der Waals surface area contributed by atoms with E-state index in [-0.39, 0.29) is 31.1 Å². The van der Waals surface area contributed by atoms with E-state index < -0.39 is 6.10 Å². The summed E-state index contributed by atoms with van der Waals surface area (Å²) in [4.78, 5) is 38.2. The molecule has 6 heteroatoms. The normalized spacial score (nSPS) is 12.6.